The summed E-state index contributed by atoms with van der Waals surface area (Å²) < 4.78 is 0. The van der Waals surface area contributed by atoms with Crippen molar-refractivity contribution in [3.05, 3.63) is 84.8 Å². The number of carbonyl (C=O) groups excluding carboxylic acids is 1. The third-order valence-corrected chi connectivity index (χ3v) is 4.76. The molecule has 1 heterocycles. The van der Waals surface area contributed by atoms with Crippen molar-refractivity contribution >= 4 is 22.5 Å². The SMILES string of the molecule is CCC(NC(=O)Nc1cccc2ccccc12)c1ncc(-c2ccccc2)[nH]1. The highest BCUT2D eigenvalue weighted by atomic mass is 16.2. The summed E-state index contributed by atoms with van der Waals surface area (Å²) in [5, 5.41) is 8.08. The van der Waals surface area contributed by atoms with E-state index < -0.39 is 0 Å². The molecule has 28 heavy (non-hydrogen) atoms. The Morgan fingerprint density at radius 1 is 1.00 bits per heavy atom. The average Bonchev–Trinajstić information content (AvgIpc) is 3.23. The number of rotatable bonds is 5. The Hall–Kier alpha value is -3.60. The number of H-pyrrole nitrogens is 1. The minimum atomic E-state index is -0.249. The maximum absolute atomic E-state index is 12.6. The van der Waals surface area contributed by atoms with Gasteiger partial charge in [-0.3, -0.25) is 0 Å². The van der Waals surface area contributed by atoms with Gasteiger partial charge in [-0.05, 0) is 23.4 Å². The summed E-state index contributed by atoms with van der Waals surface area (Å²) in [6.07, 6.45) is 2.53. The Bertz CT molecular complexity index is 1080. The van der Waals surface area contributed by atoms with Crippen LogP contribution in [0.15, 0.2) is 79.0 Å². The van der Waals surface area contributed by atoms with Gasteiger partial charge in [0.05, 0.1) is 23.6 Å². The van der Waals surface area contributed by atoms with Crippen molar-refractivity contribution in [2.75, 3.05) is 5.32 Å². The molecule has 5 heteroatoms. The van der Waals surface area contributed by atoms with Gasteiger partial charge in [-0.1, -0.05) is 73.7 Å². The number of nitrogens with zero attached hydrogens (tertiary/aromatic N) is 1. The first-order valence-corrected chi connectivity index (χ1v) is 9.40. The van der Waals surface area contributed by atoms with Crippen molar-refractivity contribution < 1.29 is 4.79 Å². The molecule has 1 unspecified atom stereocenters. The second-order valence-corrected chi connectivity index (χ2v) is 6.63. The van der Waals surface area contributed by atoms with Crippen LogP contribution in [0.25, 0.3) is 22.0 Å². The zero-order valence-electron chi connectivity index (χ0n) is 15.6. The molecule has 1 atom stereocenters. The molecule has 0 aliphatic carbocycles. The number of aromatic nitrogens is 2. The number of benzene rings is 3. The summed E-state index contributed by atoms with van der Waals surface area (Å²) in [5.74, 6) is 0.745. The molecule has 0 aliphatic heterocycles. The minimum absolute atomic E-state index is 0.201. The summed E-state index contributed by atoms with van der Waals surface area (Å²) in [6.45, 7) is 2.02. The molecular formula is C23H22N4O. The largest absolute Gasteiger partial charge is 0.340 e. The van der Waals surface area contributed by atoms with Crippen LogP contribution >= 0.6 is 0 Å². The van der Waals surface area contributed by atoms with E-state index in [1.807, 2.05) is 79.7 Å². The van der Waals surface area contributed by atoms with Gasteiger partial charge >= 0.3 is 6.03 Å². The maximum Gasteiger partial charge on any atom is 0.319 e. The predicted octanol–water partition coefficient (Wildman–Crippen LogP) is 5.50. The van der Waals surface area contributed by atoms with Crippen LogP contribution in [0.5, 0.6) is 0 Å². The van der Waals surface area contributed by atoms with Gasteiger partial charge in [-0.2, -0.15) is 0 Å². The lowest BCUT2D eigenvalue weighted by molar-refractivity contribution is 0.247. The number of fused-ring (bicyclic) bond motifs is 1. The molecule has 0 spiro atoms. The highest BCUT2D eigenvalue weighted by molar-refractivity contribution is 6.01. The average molecular weight is 370 g/mol. The molecule has 4 rings (SSSR count). The number of nitrogens with one attached hydrogen (secondary N) is 3. The van der Waals surface area contributed by atoms with Gasteiger partial charge in [-0.15, -0.1) is 0 Å². The second kappa shape index (κ2) is 7.96. The smallest absolute Gasteiger partial charge is 0.319 e. The van der Waals surface area contributed by atoms with Crippen molar-refractivity contribution in [1.82, 2.24) is 15.3 Å². The minimum Gasteiger partial charge on any atom is -0.340 e. The summed E-state index contributed by atoms with van der Waals surface area (Å²) in [5.41, 5.74) is 2.79. The van der Waals surface area contributed by atoms with Crippen LogP contribution in [0, 0.1) is 0 Å². The van der Waals surface area contributed by atoms with E-state index in [-0.39, 0.29) is 12.1 Å². The van der Waals surface area contributed by atoms with Crippen molar-refractivity contribution in [1.29, 1.82) is 0 Å². The number of amides is 2. The topological polar surface area (TPSA) is 69.8 Å². The molecule has 5 nitrogen and oxygen atoms in total. The molecule has 0 bridgehead atoms. The maximum atomic E-state index is 12.6. The quantitative estimate of drug-likeness (QED) is 0.434. The van der Waals surface area contributed by atoms with Crippen LogP contribution in [-0.4, -0.2) is 16.0 Å². The van der Waals surface area contributed by atoms with E-state index in [4.69, 9.17) is 0 Å². The van der Waals surface area contributed by atoms with E-state index in [1.54, 1.807) is 6.20 Å². The van der Waals surface area contributed by atoms with E-state index in [1.165, 1.54) is 0 Å². The van der Waals surface area contributed by atoms with E-state index in [2.05, 4.69) is 20.6 Å². The van der Waals surface area contributed by atoms with Crippen molar-refractivity contribution in [3.8, 4) is 11.3 Å². The van der Waals surface area contributed by atoms with Crippen LogP contribution in [-0.2, 0) is 0 Å². The van der Waals surface area contributed by atoms with Gasteiger partial charge in [0.2, 0.25) is 0 Å². The molecule has 0 radical (unpaired) electrons. The van der Waals surface area contributed by atoms with Crippen LogP contribution in [0.3, 0.4) is 0 Å². The fraction of sp³-hybridized carbons (Fsp3) is 0.130. The van der Waals surface area contributed by atoms with Crippen LogP contribution in [0.2, 0.25) is 0 Å². The van der Waals surface area contributed by atoms with E-state index >= 15 is 0 Å². The van der Waals surface area contributed by atoms with Crippen LogP contribution in [0.4, 0.5) is 10.5 Å². The van der Waals surface area contributed by atoms with Gasteiger partial charge in [-0.25, -0.2) is 9.78 Å². The molecule has 3 aromatic carbocycles. The molecule has 1 aromatic heterocycles. The number of anilines is 1. The first-order chi connectivity index (χ1) is 13.7. The number of hydrogen-bond donors (Lipinski definition) is 3. The van der Waals surface area contributed by atoms with Gasteiger partial charge in [0, 0.05) is 5.39 Å². The molecule has 0 saturated heterocycles. The van der Waals surface area contributed by atoms with Crippen LogP contribution < -0.4 is 10.6 Å². The number of imidazole rings is 1. The standard InChI is InChI=1S/C23H22N4O/c1-2-19(22-24-15-21(25-22)17-10-4-3-5-11-17)26-23(28)27-20-14-8-12-16-9-6-7-13-18(16)20/h3-15,19H,2H2,1H3,(H,24,25)(H2,26,27,28). The number of aromatic amines is 1. The normalized spacial score (nSPS) is 11.9. The third-order valence-electron chi connectivity index (χ3n) is 4.76. The molecule has 3 N–H and O–H groups in total. The first kappa shape index (κ1) is 17.8. The predicted molar refractivity (Wildman–Crippen MR) is 113 cm³/mol. The van der Waals surface area contributed by atoms with Crippen LogP contribution in [0.1, 0.15) is 25.2 Å². The lowest BCUT2D eigenvalue weighted by Gasteiger charge is -2.16. The highest BCUT2D eigenvalue weighted by Gasteiger charge is 2.17. The Balaban J connectivity index is 1.49. The number of urea groups is 1. The summed E-state index contributed by atoms with van der Waals surface area (Å²) >= 11 is 0. The Kier molecular flexibility index (Phi) is 5.06. The highest BCUT2D eigenvalue weighted by Crippen LogP contribution is 2.24. The first-order valence-electron chi connectivity index (χ1n) is 9.40. The van der Waals surface area contributed by atoms with Gasteiger partial charge < -0.3 is 15.6 Å². The van der Waals surface area contributed by atoms with E-state index in [9.17, 15) is 4.79 Å². The number of hydrogen-bond acceptors (Lipinski definition) is 2. The summed E-state index contributed by atoms with van der Waals surface area (Å²) in [6, 6.07) is 23.4. The van der Waals surface area contributed by atoms with Gasteiger partial charge in [0.25, 0.3) is 0 Å². The van der Waals surface area contributed by atoms with Crippen molar-refractivity contribution in [2.24, 2.45) is 0 Å². The van der Waals surface area contributed by atoms with Gasteiger partial charge in [0.15, 0.2) is 0 Å². The summed E-state index contributed by atoms with van der Waals surface area (Å²) in [4.78, 5) is 20.4. The monoisotopic (exact) mass is 370 g/mol. The second-order valence-electron chi connectivity index (χ2n) is 6.63. The lowest BCUT2D eigenvalue weighted by Crippen LogP contribution is -2.32. The molecule has 4 aromatic rings. The van der Waals surface area contributed by atoms with Crippen molar-refractivity contribution in [2.45, 2.75) is 19.4 Å². The fourth-order valence-corrected chi connectivity index (χ4v) is 3.29. The third kappa shape index (κ3) is 3.74. The Labute approximate surface area is 163 Å². The Morgan fingerprint density at radius 3 is 2.57 bits per heavy atom. The Morgan fingerprint density at radius 2 is 1.75 bits per heavy atom. The van der Waals surface area contributed by atoms with Gasteiger partial charge in [0.1, 0.15) is 5.82 Å². The number of carbonyl (C=O) groups is 1. The molecule has 0 fully saturated rings. The molecule has 0 saturated carbocycles. The zero-order valence-corrected chi connectivity index (χ0v) is 15.6. The molecule has 2 amide bonds. The van der Waals surface area contributed by atoms with E-state index in [0.29, 0.717) is 0 Å². The summed E-state index contributed by atoms with van der Waals surface area (Å²) in [7, 11) is 0. The lowest BCUT2D eigenvalue weighted by atomic mass is 10.1. The van der Waals surface area contributed by atoms with Crippen molar-refractivity contribution in [3.63, 3.8) is 0 Å². The molecule has 0 aliphatic rings. The fourth-order valence-electron chi connectivity index (χ4n) is 3.29. The molecular weight excluding hydrogens is 348 g/mol. The zero-order chi connectivity index (χ0) is 19.3. The van der Waals surface area contributed by atoms with E-state index in [0.717, 1.165) is 40.0 Å². The molecule has 140 valence electrons.